The highest BCUT2D eigenvalue weighted by molar-refractivity contribution is 5.66. The van der Waals surface area contributed by atoms with E-state index in [1.54, 1.807) is 0 Å². The Bertz CT molecular complexity index is 608. The van der Waals surface area contributed by atoms with Crippen LogP contribution in [0.15, 0.2) is 33.9 Å². The molecular weight excluding hydrogens is 242 g/mol. The van der Waals surface area contributed by atoms with Crippen LogP contribution < -0.4 is 4.90 Å². The van der Waals surface area contributed by atoms with Gasteiger partial charge in [0.2, 0.25) is 0 Å². The van der Waals surface area contributed by atoms with Gasteiger partial charge >= 0.3 is 0 Å². The zero-order chi connectivity index (χ0) is 13.8. The minimum Gasteiger partial charge on any atom is -0.378 e. The van der Waals surface area contributed by atoms with Gasteiger partial charge < -0.3 is 9.42 Å². The first-order valence-electron chi connectivity index (χ1n) is 5.87. The van der Waals surface area contributed by atoms with Gasteiger partial charge in [0.25, 0.3) is 0 Å². The molecule has 19 heavy (non-hydrogen) atoms. The minimum atomic E-state index is 0.247. The molecule has 2 rings (SSSR count). The number of hydrogen-bond acceptors (Lipinski definition) is 4. The van der Waals surface area contributed by atoms with Gasteiger partial charge in [0, 0.05) is 35.8 Å². The van der Waals surface area contributed by atoms with E-state index in [1.165, 1.54) is 0 Å². The Morgan fingerprint density at radius 1 is 1.32 bits per heavy atom. The predicted octanol–water partition coefficient (Wildman–Crippen LogP) is 3.53. The summed E-state index contributed by atoms with van der Waals surface area (Å²) >= 11 is 0. The molecule has 0 N–H and O–H groups in total. The van der Waals surface area contributed by atoms with Crippen molar-refractivity contribution in [2.75, 3.05) is 19.0 Å². The molecule has 0 fully saturated rings. The summed E-state index contributed by atoms with van der Waals surface area (Å²) in [4.78, 5) is 4.80. The van der Waals surface area contributed by atoms with Crippen LogP contribution in [0.2, 0.25) is 0 Å². The van der Waals surface area contributed by atoms with Gasteiger partial charge in [-0.3, -0.25) is 0 Å². The summed E-state index contributed by atoms with van der Waals surface area (Å²) in [6.07, 6.45) is 0. The third-order valence-electron chi connectivity index (χ3n) is 2.93. The molecule has 0 unspecified atom stereocenters. The highest BCUT2D eigenvalue weighted by Gasteiger charge is 2.13. The Morgan fingerprint density at radius 3 is 2.58 bits per heavy atom. The highest BCUT2D eigenvalue weighted by Crippen LogP contribution is 2.27. The standard InChI is InChI=1S/C13H15N5O/c1-9-12(8-15-17-14)13(16-19-9)10-4-6-11(7-5-10)18(2)3/h4-7H,8H2,1-3H3. The fourth-order valence-corrected chi connectivity index (χ4v) is 1.82. The Labute approximate surface area is 111 Å². The van der Waals surface area contributed by atoms with Crippen LogP contribution in [0.4, 0.5) is 5.69 Å². The first kappa shape index (κ1) is 13.0. The lowest BCUT2D eigenvalue weighted by atomic mass is 10.1. The number of rotatable bonds is 4. The molecule has 98 valence electrons. The van der Waals surface area contributed by atoms with Crippen molar-refractivity contribution in [3.63, 3.8) is 0 Å². The molecule has 0 radical (unpaired) electrons. The molecule has 0 aliphatic heterocycles. The molecule has 6 heteroatoms. The molecule has 1 heterocycles. The summed E-state index contributed by atoms with van der Waals surface area (Å²) in [5.41, 5.74) is 12.0. The molecular formula is C13H15N5O. The first-order valence-corrected chi connectivity index (χ1v) is 5.87. The molecule has 0 amide bonds. The summed E-state index contributed by atoms with van der Waals surface area (Å²) in [5.74, 6) is 0.680. The van der Waals surface area contributed by atoms with Crippen molar-refractivity contribution in [3.8, 4) is 11.3 Å². The van der Waals surface area contributed by atoms with Gasteiger partial charge in [-0.25, -0.2) is 0 Å². The zero-order valence-electron chi connectivity index (χ0n) is 11.2. The van der Waals surface area contributed by atoms with Crippen molar-refractivity contribution in [2.45, 2.75) is 13.5 Å². The third kappa shape index (κ3) is 2.69. The van der Waals surface area contributed by atoms with E-state index in [0.717, 1.165) is 22.5 Å². The van der Waals surface area contributed by atoms with E-state index < -0.39 is 0 Å². The Hall–Kier alpha value is -2.46. The first-order chi connectivity index (χ1) is 9.13. The second kappa shape index (κ2) is 5.46. The van der Waals surface area contributed by atoms with E-state index >= 15 is 0 Å². The fourth-order valence-electron chi connectivity index (χ4n) is 1.82. The summed E-state index contributed by atoms with van der Waals surface area (Å²) in [5, 5.41) is 7.62. The van der Waals surface area contributed by atoms with Crippen LogP contribution in [0.1, 0.15) is 11.3 Å². The number of hydrogen-bond donors (Lipinski definition) is 0. The molecule has 6 nitrogen and oxygen atoms in total. The largest absolute Gasteiger partial charge is 0.378 e. The molecule has 0 saturated heterocycles. The Kier molecular flexibility index (Phi) is 3.73. The van der Waals surface area contributed by atoms with Crippen molar-refractivity contribution in [1.29, 1.82) is 0 Å². The molecule has 0 spiro atoms. The molecule has 0 aliphatic rings. The number of azide groups is 1. The molecule has 1 aromatic carbocycles. The van der Waals surface area contributed by atoms with Gasteiger partial charge in [-0.1, -0.05) is 22.4 Å². The molecule has 2 aromatic rings. The van der Waals surface area contributed by atoms with Gasteiger partial charge in [0.05, 0.1) is 6.54 Å². The van der Waals surface area contributed by atoms with Gasteiger partial charge in [-0.05, 0) is 24.6 Å². The van der Waals surface area contributed by atoms with Crippen molar-refractivity contribution in [3.05, 3.63) is 46.0 Å². The summed E-state index contributed by atoms with van der Waals surface area (Å²) in [6, 6.07) is 7.98. The van der Waals surface area contributed by atoms with Crippen LogP contribution in [0.5, 0.6) is 0 Å². The zero-order valence-corrected chi connectivity index (χ0v) is 11.2. The monoisotopic (exact) mass is 257 g/mol. The van der Waals surface area contributed by atoms with Gasteiger partial charge in [0.1, 0.15) is 11.5 Å². The predicted molar refractivity (Wildman–Crippen MR) is 73.9 cm³/mol. The van der Waals surface area contributed by atoms with E-state index in [4.69, 9.17) is 10.1 Å². The normalized spacial score (nSPS) is 10.1. The quantitative estimate of drug-likeness (QED) is 0.477. The van der Waals surface area contributed by atoms with Gasteiger partial charge in [-0.15, -0.1) is 0 Å². The van der Waals surface area contributed by atoms with Crippen molar-refractivity contribution in [1.82, 2.24) is 5.16 Å². The number of aryl methyl sites for hydroxylation is 1. The number of nitrogens with zero attached hydrogens (tertiary/aromatic N) is 5. The lowest BCUT2D eigenvalue weighted by Crippen LogP contribution is -2.07. The summed E-state index contributed by atoms with van der Waals surface area (Å²) < 4.78 is 5.18. The van der Waals surface area contributed by atoms with Crippen molar-refractivity contribution < 1.29 is 4.52 Å². The highest BCUT2D eigenvalue weighted by atomic mass is 16.5. The second-order valence-corrected chi connectivity index (χ2v) is 4.40. The van der Waals surface area contributed by atoms with E-state index in [9.17, 15) is 0 Å². The maximum absolute atomic E-state index is 8.42. The van der Waals surface area contributed by atoms with Crippen LogP contribution in [0.3, 0.4) is 0 Å². The summed E-state index contributed by atoms with van der Waals surface area (Å²) in [6.45, 7) is 2.06. The number of benzene rings is 1. The van der Waals surface area contributed by atoms with Crippen LogP contribution in [0.25, 0.3) is 21.7 Å². The molecule has 0 atom stereocenters. The molecule has 0 saturated carbocycles. The maximum atomic E-state index is 8.42. The Morgan fingerprint density at radius 2 is 2.00 bits per heavy atom. The lowest BCUT2D eigenvalue weighted by molar-refractivity contribution is 0.398. The van der Waals surface area contributed by atoms with Crippen molar-refractivity contribution in [2.24, 2.45) is 5.11 Å². The minimum absolute atomic E-state index is 0.247. The van der Waals surface area contributed by atoms with E-state index in [0.29, 0.717) is 5.76 Å². The molecule has 1 aromatic heterocycles. The summed E-state index contributed by atoms with van der Waals surface area (Å²) in [7, 11) is 3.98. The smallest absolute Gasteiger partial charge is 0.137 e. The van der Waals surface area contributed by atoms with E-state index in [2.05, 4.69) is 15.2 Å². The average molecular weight is 257 g/mol. The SMILES string of the molecule is Cc1onc(-c2ccc(N(C)C)cc2)c1CN=[N+]=[N-]. The maximum Gasteiger partial charge on any atom is 0.137 e. The fraction of sp³-hybridized carbons (Fsp3) is 0.308. The lowest BCUT2D eigenvalue weighted by Gasteiger charge is -2.12. The van der Waals surface area contributed by atoms with Crippen LogP contribution >= 0.6 is 0 Å². The average Bonchev–Trinajstić information content (AvgIpc) is 2.78. The second-order valence-electron chi connectivity index (χ2n) is 4.40. The topological polar surface area (TPSA) is 78.0 Å². The Balaban J connectivity index is 2.38. The van der Waals surface area contributed by atoms with Crippen molar-refractivity contribution >= 4 is 5.69 Å². The van der Waals surface area contributed by atoms with Crippen LogP contribution in [-0.2, 0) is 6.54 Å². The van der Waals surface area contributed by atoms with Crippen LogP contribution in [-0.4, -0.2) is 19.3 Å². The van der Waals surface area contributed by atoms with Crippen LogP contribution in [0, 0.1) is 6.92 Å². The molecule has 0 aliphatic carbocycles. The number of aromatic nitrogens is 1. The number of anilines is 1. The molecule has 0 bridgehead atoms. The van der Waals surface area contributed by atoms with E-state index in [-0.39, 0.29) is 6.54 Å². The van der Waals surface area contributed by atoms with Gasteiger partial charge in [0.15, 0.2) is 0 Å². The van der Waals surface area contributed by atoms with E-state index in [1.807, 2.05) is 50.2 Å². The third-order valence-corrected chi connectivity index (χ3v) is 2.93. The van der Waals surface area contributed by atoms with Gasteiger partial charge in [-0.2, -0.15) is 0 Å².